The first-order valence-electron chi connectivity index (χ1n) is 11.4. The second-order valence-corrected chi connectivity index (χ2v) is 8.87. The zero-order chi connectivity index (χ0) is 22.1. The zero-order valence-corrected chi connectivity index (χ0v) is 18.3. The van der Waals surface area contributed by atoms with Crippen molar-refractivity contribution in [1.82, 2.24) is 14.9 Å². The lowest BCUT2D eigenvalue weighted by molar-refractivity contribution is 0.0951. The molecule has 1 saturated carbocycles. The summed E-state index contributed by atoms with van der Waals surface area (Å²) in [4.78, 5) is 32.6. The van der Waals surface area contributed by atoms with Gasteiger partial charge in [-0.25, -0.2) is 4.98 Å². The van der Waals surface area contributed by atoms with E-state index in [1.165, 1.54) is 5.56 Å². The van der Waals surface area contributed by atoms with Crippen molar-refractivity contribution in [2.45, 2.75) is 44.6 Å². The number of rotatable bonds is 5. The van der Waals surface area contributed by atoms with E-state index in [9.17, 15) is 9.59 Å². The van der Waals surface area contributed by atoms with E-state index in [0.717, 1.165) is 50.0 Å². The van der Waals surface area contributed by atoms with Crippen LogP contribution in [-0.2, 0) is 0 Å². The van der Waals surface area contributed by atoms with Gasteiger partial charge in [0, 0.05) is 43.0 Å². The molecule has 2 heterocycles. The molecule has 0 radical (unpaired) electrons. The second-order valence-electron chi connectivity index (χ2n) is 8.87. The molecule has 164 valence electrons. The number of hydrogen-bond acceptors (Lipinski definition) is 4. The minimum absolute atomic E-state index is 0.0854. The lowest BCUT2D eigenvalue weighted by Crippen LogP contribution is -2.39. The lowest BCUT2D eigenvalue weighted by atomic mass is 9.91. The molecule has 1 amide bonds. The van der Waals surface area contributed by atoms with Crippen LogP contribution in [0.3, 0.4) is 0 Å². The van der Waals surface area contributed by atoms with E-state index in [-0.39, 0.29) is 11.5 Å². The van der Waals surface area contributed by atoms with Gasteiger partial charge in [0.05, 0.1) is 5.69 Å². The van der Waals surface area contributed by atoms with E-state index in [4.69, 9.17) is 0 Å². The van der Waals surface area contributed by atoms with Gasteiger partial charge in [0.15, 0.2) is 5.82 Å². The van der Waals surface area contributed by atoms with E-state index >= 15 is 0 Å². The number of piperidine rings is 1. The van der Waals surface area contributed by atoms with Crippen molar-refractivity contribution in [1.29, 1.82) is 0 Å². The summed E-state index contributed by atoms with van der Waals surface area (Å²) in [5, 5.41) is 3.02. The van der Waals surface area contributed by atoms with Crippen LogP contribution in [0.15, 0.2) is 65.7 Å². The quantitative estimate of drug-likeness (QED) is 0.671. The van der Waals surface area contributed by atoms with Crippen LogP contribution in [0.25, 0.3) is 5.69 Å². The van der Waals surface area contributed by atoms with Crippen molar-refractivity contribution in [3.05, 3.63) is 88.0 Å². The minimum Gasteiger partial charge on any atom is -0.351 e. The van der Waals surface area contributed by atoms with Crippen molar-refractivity contribution in [2.24, 2.45) is 0 Å². The van der Waals surface area contributed by atoms with E-state index in [1.54, 1.807) is 23.0 Å². The fourth-order valence-corrected chi connectivity index (χ4v) is 4.48. The Morgan fingerprint density at radius 3 is 2.69 bits per heavy atom. The molecule has 6 nitrogen and oxygen atoms in total. The SMILES string of the molecule is Cc1ccc(C(=O)NC2CC2)cc1-n1ccnc(N2CCCC(c3ccccc3)C2)c1=O. The summed E-state index contributed by atoms with van der Waals surface area (Å²) < 4.78 is 1.62. The summed E-state index contributed by atoms with van der Waals surface area (Å²) in [6.45, 7) is 3.55. The molecule has 1 aromatic heterocycles. The topological polar surface area (TPSA) is 67.2 Å². The van der Waals surface area contributed by atoms with Crippen molar-refractivity contribution >= 4 is 11.7 Å². The number of nitrogens with zero attached hydrogens (tertiary/aromatic N) is 3. The van der Waals surface area contributed by atoms with E-state index in [1.807, 2.05) is 25.1 Å². The van der Waals surface area contributed by atoms with Gasteiger partial charge in [0.25, 0.3) is 11.5 Å². The average Bonchev–Trinajstić information content (AvgIpc) is 3.64. The smallest absolute Gasteiger partial charge is 0.298 e. The van der Waals surface area contributed by atoms with E-state index in [0.29, 0.717) is 23.3 Å². The van der Waals surface area contributed by atoms with Crippen LogP contribution in [0.2, 0.25) is 0 Å². The van der Waals surface area contributed by atoms with E-state index in [2.05, 4.69) is 39.5 Å². The molecule has 6 heteroatoms. The summed E-state index contributed by atoms with van der Waals surface area (Å²) in [5.74, 6) is 0.772. The highest BCUT2D eigenvalue weighted by atomic mass is 16.2. The van der Waals surface area contributed by atoms with Gasteiger partial charge < -0.3 is 10.2 Å². The highest BCUT2D eigenvalue weighted by molar-refractivity contribution is 5.95. The Labute approximate surface area is 187 Å². The molecule has 5 rings (SSSR count). The molecule has 2 aliphatic rings. The Bertz CT molecular complexity index is 1180. The monoisotopic (exact) mass is 428 g/mol. The molecular formula is C26H28N4O2. The van der Waals surface area contributed by atoms with Crippen LogP contribution in [0.1, 0.15) is 53.1 Å². The molecule has 1 atom stereocenters. The summed E-state index contributed by atoms with van der Waals surface area (Å²) in [6.07, 6.45) is 7.58. The van der Waals surface area contributed by atoms with Gasteiger partial charge in [-0.1, -0.05) is 36.4 Å². The maximum Gasteiger partial charge on any atom is 0.298 e. The first-order valence-corrected chi connectivity index (χ1v) is 11.4. The molecule has 1 aliphatic heterocycles. The largest absolute Gasteiger partial charge is 0.351 e. The molecule has 1 aliphatic carbocycles. The van der Waals surface area contributed by atoms with Gasteiger partial charge in [-0.3, -0.25) is 14.2 Å². The standard InChI is InChI=1S/C26H28N4O2/c1-18-9-10-20(25(31)28-22-11-12-22)16-23(18)30-15-13-27-24(26(30)32)29-14-5-8-21(17-29)19-6-3-2-4-7-19/h2-4,6-7,9-10,13,15-16,21-22H,5,8,11-12,14,17H2,1H3,(H,28,31). The normalized spacial score (nSPS) is 18.4. The molecule has 0 bridgehead atoms. The summed E-state index contributed by atoms with van der Waals surface area (Å²) >= 11 is 0. The van der Waals surface area contributed by atoms with Gasteiger partial charge >= 0.3 is 0 Å². The lowest BCUT2D eigenvalue weighted by Gasteiger charge is -2.33. The Balaban J connectivity index is 1.45. The Kier molecular flexibility index (Phi) is 5.52. The van der Waals surface area contributed by atoms with Crippen molar-refractivity contribution in [2.75, 3.05) is 18.0 Å². The third kappa shape index (κ3) is 4.17. The molecule has 0 spiro atoms. The molecule has 1 saturated heterocycles. The number of benzene rings is 2. The molecule has 3 aromatic rings. The third-order valence-electron chi connectivity index (χ3n) is 6.46. The molecule has 1 unspecified atom stereocenters. The van der Waals surface area contributed by atoms with Gasteiger partial charge in [-0.15, -0.1) is 0 Å². The summed E-state index contributed by atoms with van der Waals surface area (Å²) in [6, 6.07) is 16.3. The highest BCUT2D eigenvalue weighted by Crippen LogP contribution is 2.28. The molecule has 2 aromatic carbocycles. The fraction of sp³-hybridized carbons (Fsp3) is 0.346. The van der Waals surface area contributed by atoms with Crippen LogP contribution in [0.4, 0.5) is 5.82 Å². The number of aryl methyl sites for hydroxylation is 1. The second kappa shape index (κ2) is 8.61. The van der Waals surface area contributed by atoms with Gasteiger partial charge in [-0.2, -0.15) is 0 Å². The van der Waals surface area contributed by atoms with Gasteiger partial charge in [0.2, 0.25) is 0 Å². The van der Waals surface area contributed by atoms with Crippen LogP contribution in [-0.4, -0.2) is 34.6 Å². The first kappa shape index (κ1) is 20.5. The number of carbonyl (C=O) groups excluding carboxylic acids is 1. The van der Waals surface area contributed by atoms with Crippen LogP contribution >= 0.6 is 0 Å². The Morgan fingerprint density at radius 2 is 1.91 bits per heavy atom. The number of hydrogen-bond donors (Lipinski definition) is 1. The molecule has 1 N–H and O–H groups in total. The number of nitrogens with one attached hydrogen (secondary N) is 1. The average molecular weight is 429 g/mol. The van der Waals surface area contributed by atoms with Crippen LogP contribution in [0.5, 0.6) is 0 Å². The minimum atomic E-state index is -0.149. The van der Waals surface area contributed by atoms with Crippen molar-refractivity contribution < 1.29 is 4.79 Å². The highest BCUT2D eigenvalue weighted by Gasteiger charge is 2.26. The van der Waals surface area contributed by atoms with Crippen LogP contribution < -0.4 is 15.8 Å². The predicted molar refractivity (Wildman–Crippen MR) is 126 cm³/mol. The molecular weight excluding hydrogens is 400 g/mol. The number of aromatic nitrogens is 2. The predicted octanol–water partition coefficient (Wildman–Crippen LogP) is 3.82. The maximum atomic E-state index is 13.5. The fourth-order valence-electron chi connectivity index (χ4n) is 4.48. The van der Waals surface area contributed by atoms with Crippen molar-refractivity contribution in [3.63, 3.8) is 0 Å². The number of amides is 1. The van der Waals surface area contributed by atoms with Crippen LogP contribution in [0, 0.1) is 6.92 Å². The Hall–Kier alpha value is -3.41. The summed E-state index contributed by atoms with van der Waals surface area (Å²) in [5.41, 5.74) is 3.39. The number of anilines is 1. The van der Waals surface area contributed by atoms with Gasteiger partial charge in [0.1, 0.15) is 0 Å². The zero-order valence-electron chi connectivity index (χ0n) is 18.3. The molecule has 32 heavy (non-hydrogen) atoms. The molecule has 2 fully saturated rings. The van der Waals surface area contributed by atoms with E-state index < -0.39 is 0 Å². The summed E-state index contributed by atoms with van der Waals surface area (Å²) in [7, 11) is 0. The maximum absolute atomic E-state index is 13.5. The van der Waals surface area contributed by atoms with Gasteiger partial charge in [-0.05, 0) is 55.9 Å². The number of carbonyl (C=O) groups is 1. The first-order chi connectivity index (χ1) is 15.6. The van der Waals surface area contributed by atoms with Crippen molar-refractivity contribution in [3.8, 4) is 5.69 Å². The third-order valence-corrected chi connectivity index (χ3v) is 6.46. The Morgan fingerprint density at radius 1 is 1.09 bits per heavy atom.